The first-order valence-corrected chi connectivity index (χ1v) is 5.90. The third-order valence-corrected chi connectivity index (χ3v) is 2.31. The van der Waals surface area contributed by atoms with E-state index in [4.69, 9.17) is 4.74 Å². The van der Waals surface area contributed by atoms with Crippen LogP contribution in [0.5, 0.6) is 5.75 Å². The molecule has 1 N–H and O–H groups in total. The second-order valence-electron chi connectivity index (χ2n) is 3.98. The van der Waals surface area contributed by atoms with Gasteiger partial charge in [-0.25, -0.2) is 0 Å². The fraction of sp³-hybridized carbons (Fsp3) is 0.571. The number of ether oxygens (including phenoxy) is 1. The second kappa shape index (κ2) is 8.17. The highest BCUT2D eigenvalue weighted by Crippen LogP contribution is 2.22. The van der Waals surface area contributed by atoms with Crippen molar-refractivity contribution in [2.75, 3.05) is 13.2 Å². The highest BCUT2D eigenvalue weighted by Gasteiger charge is 2.00. The maximum atomic E-state index is 9.35. The molecule has 0 amide bonds. The molecule has 92 valence electrons. The average Bonchev–Trinajstić information content (AvgIpc) is 2.24. The summed E-state index contributed by atoms with van der Waals surface area (Å²) in [6.45, 7) is 11.8. The number of aromatic hydroxyl groups is 1. The quantitative estimate of drug-likeness (QED) is 0.844. The van der Waals surface area contributed by atoms with Crippen molar-refractivity contribution in [2.45, 2.75) is 40.5 Å². The lowest BCUT2D eigenvalue weighted by Crippen LogP contribution is -1.86. The Morgan fingerprint density at radius 1 is 1.19 bits per heavy atom. The van der Waals surface area contributed by atoms with Crippen molar-refractivity contribution in [3.8, 4) is 5.75 Å². The molecule has 0 aromatic heterocycles. The van der Waals surface area contributed by atoms with Crippen LogP contribution in [0.25, 0.3) is 0 Å². The van der Waals surface area contributed by atoms with Crippen molar-refractivity contribution < 1.29 is 9.84 Å². The van der Waals surface area contributed by atoms with Crippen molar-refractivity contribution in [1.82, 2.24) is 0 Å². The molecule has 1 aromatic carbocycles. The van der Waals surface area contributed by atoms with Gasteiger partial charge in [-0.05, 0) is 43.9 Å². The van der Waals surface area contributed by atoms with Crippen molar-refractivity contribution in [3.63, 3.8) is 0 Å². The number of rotatable bonds is 3. The number of benzene rings is 1. The van der Waals surface area contributed by atoms with Crippen LogP contribution in [0.2, 0.25) is 0 Å². The van der Waals surface area contributed by atoms with Gasteiger partial charge in [-0.15, -0.1) is 0 Å². The van der Waals surface area contributed by atoms with Crippen molar-refractivity contribution in [2.24, 2.45) is 0 Å². The van der Waals surface area contributed by atoms with E-state index in [1.165, 1.54) is 5.56 Å². The zero-order valence-corrected chi connectivity index (χ0v) is 11.1. The summed E-state index contributed by atoms with van der Waals surface area (Å²) in [4.78, 5) is 0. The van der Waals surface area contributed by atoms with E-state index in [-0.39, 0.29) is 0 Å². The van der Waals surface area contributed by atoms with Crippen LogP contribution in [-0.4, -0.2) is 18.3 Å². The van der Waals surface area contributed by atoms with Crippen molar-refractivity contribution in [1.29, 1.82) is 0 Å². The third-order valence-electron chi connectivity index (χ3n) is 2.31. The smallest absolute Gasteiger partial charge is 0.118 e. The zero-order chi connectivity index (χ0) is 12.6. The SMILES string of the molecule is CCOCC.Cc1ccc(C(C)C)cc1O. The van der Waals surface area contributed by atoms with E-state index in [9.17, 15) is 5.11 Å². The molecule has 0 saturated carbocycles. The van der Waals surface area contributed by atoms with E-state index in [1.54, 1.807) is 0 Å². The van der Waals surface area contributed by atoms with Gasteiger partial charge in [-0.1, -0.05) is 26.0 Å². The molecule has 0 fully saturated rings. The molecular formula is C14H24O2. The lowest BCUT2D eigenvalue weighted by atomic mass is 10.0. The predicted octanol–water partition coefficient (Wildman–Crippen LogP) is 3.87. The molecule has 2 heteroatoms. The van der Waals surface area contributed by atoms with Crippen molar-refractivity contribution in [3.05, 3.63) is 29.3 Å². The minimum atomic E-state index is 0.399. The van der Waals surface area contributed by atoms with E-state index in [0.717, 1.165) is 18.8 Å². The van der Waals surface area contributed by atoms with Crippen LogP contribution in [0.4, 0.5) is 0 Å². The highest BCUT2D eigenvalue weighted by molar-refractivity contribution is 5.36. The summed E-state index contributed by atoms with van der Waals surface area (Å²) < 4.78 is 4.83. The minimum Gasteiger partial charge on any atom is -0.508 e. The van der Waals surface area contributed by atoms with E-state index in [1.807, 2.05) is 32.9 Å². The van der Waals surface area contributed by atoms with E-state index in [2.05, 4.69) is 19.9 Å². The topological polar surface area (TPSA) is 29.5 Å². The number of phenols is 1. The Morgan fingerprint density at radius 3 is 2.06 bits per heavy atom. The van der Waals surface area contributed by atoms with Gasteiger partial charge in [0.15, 0.2) is 0 Å². The maximum absolute atomic E-state index is 9.35. The summed E-state index contributed by atoms with van der Waals surface area (Å²) in [5.41, 5.74) is 2.13. The molecule has 0 radical (unpaired) electrons. The first kappa shape index (κ1) is 15.0. The Bertz CT molecular complexity index is 291. The van der Waals surface area contributed by atoms with E-state index < -0.39 is 0 Å². The predicted molar refractivity (Wildman–Crippen MR) is 69.1 cm³/mol. The van der Waals surface area contributed by atoms with Crippen LogP contribution in [0, 0.1) is 6.92 Å². The molecule has 1 aromatic rings. The summed E-state index contributed by atoms with van der Waals surface area (Å²) in [5.74, 6) is 0.887. The van der Waals surface area contributed by atoms with Gasteiger partial charge >= 0.3 is 0 Å². The minimum absolute atomic E-state index is 0.399. The number of hydrogen-bond acceptors (Lipinski definition) is 2. The molecule has 16 heavy (non-hydrogen) atoms. The average molecular weight is 224 g/mol. The Hall–Kier alpha value is -1.02. The van der Waals surface area contributed by atoms with Crippen LogP contribution in [0.15, 0.2) is 18.2 Å². The summed E-state index contributed by atoms with van der Waals surface area (Å²) in [5, 5.41) is 9.35. The van der Waals surface area contributed by atoms with Crippen molar-refractivity contribution >= 4 is 0 Å². The maximum Gasteiger partial charge on any atom is 0.118 e. The largest absolute Gasteiger partial charge is 0.508 e. The molecule has 0 aliphatic carbocycles. The molecule has 0 aliphatic heterocycles. The Morgan fingerprint density at radius 2 is 1.75 bits per heavy atom. The van der Waals surface area contributed by atoms with Crippen LogP contribution in [-0.2, 0) is 4.74 Å². The molecule has 0 aliphatic rings. The number of phenolic OH excluding ortho intramolecular Hbond substituents is 1. The molecule has 0 atom stereocenters. The fourth-order valence-corrected chi connectivity index (χ4v) is 1.19. The Labute approximate surface area is 99.3 Å². The monoisotopic (exact) mass is 224 g/mol. The Kier molecular flexibility index (Phi) is 7.65. The standard InChI is InChI=1S/C10H14O.C4H10O/c1-7(2)9-5-4-8(3)10(11)6-9;1-3-5-4-2/h4-7,11H,1-3H3;3-4H2,1-2H3. The second-order valence-corrected chi connectivity index (χ2v) is 3.98. The van der Waals surface area contributed by atoms with Gasteiger partial charge in [0.05, 0.1) is 0 Å². The summed E-state index contributed by atoms with van der Waals surface area (Å²) in [6.07, 6.45) is 0. The van der Waals surface area contributed by atoms with E-state index >= 15 is 0 Å². The number of aryl methyl sites for hydroxylation is 1. The normalized spacial score (nSPS) is 9.88. The summed E-state index contributed by atoms with van der Waals surface area (Å²) in [6, 6.07) is 5.84. The summed E-state index contributed by atoms with van der Waals surface area (Å²) in [7, 11) is 0. The third kappa shape index (κ3) is 5.76. The van der Waals surface area contributed by atoms with Gasteiger partial charge in [0.2, 0.25) is 0 Å². The molecule has 0 unspecified atom stereocenters. The van der Waals surface area contributed by atoms with Gasteiger partial charge in [-0.3, -0.25) is 0 Å². The number of hydrogen-bond donors (Lipinski definition) is 1. The van der Waals surface area contributed by atoms with Gasteiger partial charge in [0, 0.05) is 13.2 Å². The molecule has 0 spiro atoms. The van der Waals surface area contributed by atoms with Crippen LogP contribution >= 0.6 is 0 Å². The van der Waals surface area contributed by atoms with Crippen LogP contribution in [0.3, 0.4) is 0 Å². The van der Waals surface area contributed by atoms with Crippen LogP contribution in [0.1, 0.15) is 44.7 Å². The van der Waals surface area contributed by atoms with Crippen LogP contribution < -0.4 is 0 Å². The van der Waals surface area contributed by atoms with E-state index in [0.29, 0.717) is 11.7 Å². The van der Waals surface area contributed by atoms with Gasteiger partial charge in [-0.2, -0.15) is 0 Å². The molecule has 1 rings (SSSR count). The molecule has 0 bridgehead atoms. The first-order chi connectivity index (χ1) is 7.52. The van der Waals surface area contributed by atoms with Gasteiger partial charge in [0.1, 0.15) is 5.75 Å². The van der Waals surface area contributed by atoms with Gasteiger partial charge in [0.25, 0.3) is 0 Å². The lowest BCUT2D eigenvalue weighted by molar-refractivity contribution is 0.162. The van der Waals surface area contributed by atoms with Gasteiger partial charge < -0.3 is 9.84 Å². The molecule has 0 heterocycles. The summed E-state index contributed by atoms with van der Waals surface area (Å²) >= 11 is 0. The zero-order valence-electron chi connectivity index (χ0n) is 11.1. The fourth-order valence-electron chi connectivity index (χ4n) is 1.19. The highest BCUT2D eigenvalue weighted by atomic mass is 16.5. The first-order valence-electron chi connectivity index (χ1n) is 5.90. The Balaban J connectivity index is 0.000000385. The molecule has 2 nitrogen and oxygen atoms in total. The lowest BCUT2D eigenvalue weighted by Gasteiger charge is -2.06. The molecule has 0 saturated heterocycles. The molecular weight excluding hydrogens is 200 g/mol.